The first-order valence-electron chi connectivity index (χ1n) is 9.65. The molecule has 2 aromatic carbocycles. The molecule has 4 rings (SSSR count). The van der Waals surface area contributed by atoms with Crippen LogP contribution in [0.1, 0.15) is 26.2 Å². The summed E-state index contributed by atoms with van der Waals surface area (Å²) in [6, 6.07) is 10.9. The summed E-state index contributed by atoms with van der Waals surface area (Å²) >= 11 is 0. The molecule has 0 unspecified atom stereocenters. The minimum absolute atomic E-state index is 0.0553. The number of nitrogens with one attached hydrogen (secondary N) is 2. The number of hydrogen-bond donors (Lipinski definition) is 2. The fourth-order valence-corrected chi connectivity index (χ4v) is 3.47. The number of H-pyrrole nitrogens is 1. The summed E-state index contributed by atoms with van der Waals surface area (Å²) in [5, 5.41) is 9.37. The van der Waals surface area contributed by atoms with E-state index in [2.05, 4.69) is 28.4 Å². The lowest BCUT2D eigenvalue weighted by molar-refractivity contribution is -0.121. The predicted molar refractivity (Wildman–Crippen MR) is 110 cm³/mol. The maximum atomic E-state index is 13.4. The first kappa shape index (κ1) is 18.2. The average molecular weight is 378 g/mol. The summed E-state index contributed by atoms with van der Waals surface area (Å²) < 4.78 is 15.3. The average Bonchev–Trinajstić information content (AvgIpc) is 3.29. The number of unbranched alkanes of at least 4 members (excludes halogenated alkanes) is 1. The van der Waals surface area contributed by atoms with Gasteiger partial charge in [0.05, 0.1) is 18.3 Å². The lowest BCUT2D eigenvalue weighted by atomic mass is 10.0. The van der Waals surface area contributed by atoms with Crippen LogP contribution in [0.4, 0.5) is 4.39 Å². The number of benzene rings is 2. The lowest BCUT2D eigenvalue weighted by Gasteiger charge is -2.06. The zero-order valence-corrected chi connectivity index (χ0v) is 15.8. The second-order valence-corrected chi connectivity index (χ2v) is 6.99. The summed E-state index contributed by atoms with van der Waals surface area (Å²) in [6.45, 7) is 3.38. The van der Waals surface area contributed by atoms with Crippen LogP contribution < -0.4 is 5.32 Å². The molecule has 0 bridgehead atoms. The number of carbonyl (C=O) groups excluding carboxylic acids is 1. The molecule has 0 aliphatic rings. The molecular weight excluding hydrogens is 355 g/mol. The van der Waals surface area contributed by atoms with Gasteiger partial charge in [0.25, 0.3) is 0 Å². The van der Waals surface area contributed by atoms with Gasteiger partial charge < -0.3 is 10.3 Å². The Bertz CT molecular complexity index is 1130. The van der Waals surface area contributed by atoms with Crippen LogP contribution in [0, 0.1) is 5.82 Å². The number of aromatic amines is 1. The quantitative estimate of drug-likeness (QED) is 0.461. The SMILES string of the molecule is CCCCNC(=O)CCn1ncc2cc(-c3c[nH]c4cc(F)ccc34)ccc21. The Labute approximate surface area is 162 Å². The van der Waals surface area contributed by atoms with Gasteiger partial charge in [-0.2, -0.15) is 5.10 Å². The van der Waals surface area contributed by atoms with Crippen LogP contribution in [0.5, 0.6) is 0 Å². The van der Waals surface area contributed by atoms with E-state index in [1.165, 1.54) is 12.1 Å². The van der Waals surface area contributed by atoms with Crippen LogP contribution >= 0.6 is 0 Å². The van der Waals surface area contributed by atoms with Crippen molar-refractivity contribution in [2.45, 2.75) is 32.7 Å². The van der Waals surface area contributed by atoms with Gasteiger partial charge in [-0.15, -0.1) is 0 Å². The molecule has 28 heavy (non-hydrogen) atoms. The molecule has 0 spiro atoms. The summed E-state index contributed by atoms with van der Waals surface area (Å²) in [6.07, 6.45) is 6.20. The van der Waals surface area contributed by atoms with Crippen molar-refractivity contribution in [2.75, 3.05) is 6.54 Å². The van der Waals surface area contributed by atoms with E-state index < -0.39 is 0 Å². The molecule has 1 amide bonds. The lowest BCUT2D eigenvalue weighted by Crippen LogP contribution is -2.25. The topological polar surface area (TPSA) is 62.7 Å². The van der Waals surface area contributed by atoms with E-state index in [0.717, 1.165) is 52.3 Å². The molecule has 6 heteroatoms. The summed E-state index contributed by atoms with van der Waals surface area (Å²) in [5.41, 5.74) is 3.85. The van der Waals surface area contributed by atoms with E-state index >= 15 is 0 Å². The number of halogens is 1. The Morgan fingerprint density at radius 2 is 2.14 bits per heavy atom. The Kier molecular flexibility index (Phi) is 5.10. The highest BCUT2D eigenvalue weighted by Gasteiger charge is 2.10. The van der Waals surface area contributed by atoms with Crippen molar-refractivity contribution in [1.29, 1.82) is 0 Å². The second-order valence-electron chi connectivity index (χ2n) is 6.99. The molecule has 2 aromatic heterocycles. The van der Waals surface area contributed by atoms with Gasteiger partial charge in [-0.25, -0.2) is 4.39 Å². The maximum Gasteiger partial charge on any atom is 0.221 e. The molecule has 0 saturated carbocycles. The number of hydrogen-bond acceptors (Lipinski definition) is 2. The van der Waals surface area contributed by atoms with Crippen LogP contribution in [0.2, 0.25) is 0 Å². The van der Waals surface area contributed by atoms with E-state index in [1.54, 1.807) is 6.07 Å². The molecule has 4 aromatic rings. The van der Waals surface area contributed by atoms with Gasteiger partial charge in [0.15, 0.2) is 0 Å². The third kappa shape index (κ3) is 3.63. The largest absolute Gasteiger partial charge is 0.360 e. The van der Waals surface area contributed by atoms with E-state index in [-0.39, 0.29) is 11.7 Å². The van der Waals surface area contributed by atoms with E-state index in [0.29, 0.717) is 13.0 Å². The number of amides is 1. The standard InChI is InChI=1S/C22H23FN4O/c1-2-3-9-24-22(28)8-10-27-21-7-4-15(11-16(21)13-26-27)19-14-25-20-12-17(23)5-6-18(19)20/h4-7,11-14,25H,2-3,8-10H2,1H3,(H,24,28). The van der Waals surface area contributed by atoms with Gasteiger partial charge in [0.1, 0.15) is 5.82 Å². The zero-order valence-electron chi connectivity index (χ0n) is 15.8. The number of carbonyl (C=O) groups is 1. The predicted octanol–water partition coefficient (Wildman–Crippen LogP) is 4.63. The van der Waals surface area contributed by atoms with Gasteiger partial charge in [0.2, 0.25) is 5.91 Å². The number of rotatable bonds is 7. The number of aryl methyl sites for hydroxylation is 1. The van der Waals surface area contributed by atoms with Gasteiger partial charge >= 0.3 is 0 Å². The molecule has 0 fully saturated rings. The third-order valence-corrected chi connectivity index (χ3v) is 5.00. The van der Waals surface area contributed by atoms with Crippen LogP contribution in [-0.2, 0) is 11.3 Å². The second kappa shape index (κ2) is 7.84. The minimum atomic E-state index is -0.253. The van der Waals surface area contributed by atoms with Crippen molar-refractivity contribution in [3.63, 3.8) is 0 Å². The summed E-state index contributed by atoms with van der Waals surface area (Å²) in [5.74, 6) is -0.198. The van der Waals surface area contributed by atoms with Crippen molar-refractivity contribution in [2.24, 2.45) is 0 Å². The smallest absolute Gasteiger partial charge is 0.221 e. The van der Waals surface area contributed by atoms with Gasteiger partial charge in [-0.3, -0.25) is 9.48 Å². The maximum absolute atomic E-state index is 13.4. The molecule has 2 heterocycles. The van der Waals surface area contributed by atoms with Crippen molar-refractivity contribution in [1.82, 2.24) is 20.1 Å². The van der Waals surface area contributed by atoms with E-state index in [9.17, 15) is 9.18 Å². The fourth-order valence-electron chi connectivity index (χ4n) is 3.47. The van der Waals surface area contributed by atoms with Gasteiger partial charge in [0, 0.05) is 41.0 Å². The Morgan fingerprint density at radius 3 is 3.00 bits per heavy atom. The molecule has 0 aliphatic carbocycles. The molecule has 5 nitrogen and oxygen atoms in total. The summed E-state index contributed by atoms with van der Waals surface area (Å²) in [4.78, 5) is 15.1. The van der Waals surface area contributed by atoms with Gasteiger partial charge in [-0.05, 0) is 42.3 Å². The van der Waals surface area contributed by atoms with Crippen molar-refractivity contribution >= 4 is 27.7 Å². The highest BCUT2D eigenvalue weighted by atomic mass is 19.1. The molecule has 0 radical (unpaired) electrons. The minimum Gasteiger partial charge on any atom is -0.360 e. The monoisotopic (exact) mass is 378 g/mol. The van der Waals surface area contributed by atoms with Gasteiger partial charge in [-0.1, -0.05) is 19.4 Å². The Balaban J connectivity index is 1.53. The van der Waals surface area contributed by atoms with Crippen LogP contribution in [-0.4, -0.2) is 27.2 Å². The van der Waals surface area contributed by atoms with Crippen LogP contribution in [0.3, 0.4) is 0 Å². The van der Waals surface area contributed by atoms with E-state index in [4.69, 9.17) is 0 Å². The third-order valence-electron chi connectivity index (χ3n) is 5.00. The van der Waals surface area contributed by atoms with Crippen molar-refractivity contribution < 1.29 is 9.18 Å². The fraction of sp³-hybridized carbons (Fsp3) is 0.273. The first-order valence-corrected chi connectivity index (χ1v) is 9.65. The molecule has 0 saturated heterocycles. The molecule has 0 atom stereocenters. The number of aromatic nitrogens is 3. The molecular formula is C22H23FN4O. The highest BCUT2D eigenvalue weighted by Crippen LogP contribution is 2.31. The number of nitrogens with zero attached hydrogens (tertiary/aromatic N) is 2. The van der Waals surface area contributed by atoms with Crippen LogP contribution in [0.25, 0.3) is 32.9 Å². The summed E-state index contributed by atoms with van der Waals surface area (Å²) in [7, 11) is 0. The van der Waals surface area contributed by atoms with E-state index in [1.807, 2.05) is 29.2 Å². The van der Waals surface area contributed by atoms with Crippen LogP contribution in [0.15, 0.2) is 48.8 Å². The Morgan fingerprint density at radius 1 is 1.25 bits per heavy atom. The molecule has 144 valence electrons. The Hall–Kier alpha value is -3.15. The number of fused-ring (bicyclic) bond motifs is 2. The molecule has 2 N–H and O–H groups in total. The molecule has 0 aliphatic heterocycles. The highest BCUT2D eigenvalue weighted by molar-refractivity contribution is 5.97. The van der Waals surface area contributed by atoms with Crippen molar-refractivity contribution in [3.05, 3.63) is 54.6 Å². The normalized spacial score (nSPS) is 11.4. The first-order chi connectivity index (χ1) is 13.7. The van der Waals surface area contributed by atoms with Crippen molar-refractivity contribution in [3.8, 4) is 11.1 Å². The zero-order chi connectivity index (χ0) is 19.5.